The van der Waals surface area contributed by atoms with Crippen LogP contribution in [0.25, 0.3) is 0 Å². The van der Waals surface area contributed by atoms with Gasteiger partial charge in [0.1, 0.15) is 6.29 Å². The standard InChI is InChI=1S/C9H15NO3/c1-7(2)13-9-3-8(5-11)10(4-9)6-12/h5-9H,3-4H2,1-2H3/t8-,9+/m0/s1. The van der Waals surface area contributed by atoms with Gasteiger partial charge in [0.05, 0.1) is 18.2 Å². The lowest BCUT2D eigenvalue weighted by atomic mass is 10.2. The van der Waals surface area contributed by atoms with Crippen molar-refractivity contribution < 1.29 is 14.3 Å². The highest BCUT2D eigenvalue weighted by Crippen LogP contribution is 2.18. The van der Waals surface area contributed by atoms with Crippen LogP contribution in [-0.4, -0.2) is 42.4 Å². The van der Waals surface area contributed by atoms with E-state index in [-0.39, 0.29) is 18.2 Å². The van der Waals surface area contributed by atoms with E-state index in [0.29, 0.717) is 19.4 Å². The molecule has 1 heterocycles. The number of ether oxygens (including phenoxy) is 1. The van der Waals surface area contributed by atoms with Crippen LogP contribution in [0, 0.1) is 0 Å². The minimum absolute atomic E-state index is 0.0143. The van der Waals surface area contributed by atoms with E-state index in [2.05, 4.69) is 0 Å². The number of nitrogens with zero attached hydrogens (tertiary/aromatic N) is 1. The van der Waals surface area contributed by atoms with Gasteiger partial charge < -0.3 is 14.4 Å². The van der Waals surface area contributed by atoms with Gasteiger partial charge in [-0.3, -0.25) is 4.79 Å². The second kappa shape index (κ2) is 4.37. The van der Waals surface area contributed by atoms with Crippen LogP contribution in [0.5, 0.6) is 0 Å². The fourth-order valence-corrected chi connectivity index (χ4v) is 1.59. The predicted octanol–water partition coefficient (Wildman–Crippen LogP) is 0.210. The first-order valence-corrected chi connectivity index (χ1v) is 4.49. The molecule has 0 radical (unpaired) electrons. The number of carbonyl (C=O) groups excluding carboxylic acids is 2. The van der Waals surface area contributed by atoms with E-state index < -0.39 is 0 Å². The summed E-state index contributed by atoms with van der Waals surface area (Å²) in [7, 11) is 0. The van der Waals surface area contributed by atoms with E-state index in [1.807, 2.05) is 13.8 Å². The Bertz CT molecular complexity index is 177. The maximum absolute atomic E-state index is 10.6. The molecule has 1 saturated heterocycles. The summed E-state index contributed by atoms with van der Waals surface area (Å²) >= 11 is 0. The van der Waals surface area contributed by atoms with Crippen molar-refractivity contribution in [3.63, 3.8) is 0 Å². The Kier molecular flexibility index (Phi) is 3.42. The van der Waals surface area contributed by atoms with E-state index in [0.717, 1.165) is 6.29 Å². The summed E-state index contributed by atoms with van der Waals surface area (Å²) in [4.78, 5) is 22.6. The van der Waals surface area contributed by atoms with Crippen molar-refractivity contribution in [2.45, 2.75) is 38.5 Å². The molecule has 0 aliphatic carbocycles. The highest BCUT2D eigenvalue weighted by atomic mass is 16.5. The zero-order valence-corrected chi connectivity index (χ0v) is 7.97. The van der Waals surface area contributed by atoms with Crippen molar-refractivity contribution in [1.82, 2.24) is 4.90 Å². The summed E-state index contributed by atoms with van der Waals surface area (Å²) in [5, 5.41) is 0. The van der Waals surface area contributed by atoms with Gasteiger partial charge in [-0.05, 0) is 13.8 Å². The second-order valence-corrected chi connectivity index (χ2v) is 3.55. The molecule has 1 amide bonds. The van der Waals surface area contributed by atoms with Gasteiger partial charge >= 0.3 is 0 Å². The van der Waals surface area contributed by atoms with Gasteiger partial charge in [-0.25, -0.2) is 0 Å². The molecule has 1 aliphatic heterocycles. The van der Waals surface area contributed by atoms with Gasteiger partial charge in [-0.1, -0.05) is 0 Å². The molecular formula is C9H15NO3. The molecule has 0 aromatic heterocycles. The Morgan fingerprint density at radius 3 is 2.54 bits per heavy atom. The first-order valence-electron chi connectivity index (χ1n) is 4.49. The van der Waals surface area contributed by atoms with Crippen LogP contribution in [0.3, 0.4) is 0 Å². The number of amides is 1. The third-order valence-electron chi connectivity index (χ3n) is 2.10. The zero-order chi connectivity index (χ0) is 9.84. The number of hydrogen-bond donors (Lipinski definition) is 0. The monoisotopic (exact) mass is 185 g/mol. The fraction of sp³-hybridized carbons (Fsp3) is 0.778. The lowest BCUT2D eigenvalue weighted by Crippen LogP contribution is -2.29. The first kappa shape index (κ1) is 10.2. The summed E-state index contributed by atoms with van der Waals surface area (Å²) in [6.07, 6.45) is 2.30. The van der Waals surface area contributed by atoms with Crippen LogP contribution in [-0.2, 0) is 14.3 Å². The average molecular weight is 185 g/mol. The number of carbonyl (C=O) groups is 2. The Hall–Kier alpha value is -0.900. The van der Waals surface area contributed by atoms with Gasteiger partial charge in [0.2, 0.25) is 6.41 Å². The SMILES string of the molecule is CC(C)O[C@@H]1C[C@@H](C=O)N(C=O)C1. The summed E-state index contributed by atoms with van der Waals surface area (Å²) in [6.45, 7) is 4.42. The lowest BCUT2D eigenvalue weighted by molar-refractivity contribution is -0.123. The fourth-order valence-electron chi connectivity index (χ4n) is 1.59. The molecule has 0 spiro atoms. The zero-order valence-electron chi connectivity index (χ0n) is 7.97. The van der Waals surface area contributed by atoms with Crippen molar-refractivity contribution in [3.05, 3.63) is 0 Å². The minimum atomic E-state index is -0.291. The van der Waals surface area contributed by atoms with Crippen LogP contribution in [0.2, 0.25) is 0 Å². The van der Waals surface area contributed by atoms with E-state index in [9.17, 15) is 9.59 Å². The van der Waals surface area contributed by atoms with Gasteiger partial charge in [-0.15, -0.1) is 0 Å². The normalized spacial score (nSPS) is 28.1. The largest absolute Gasteiger partial charge is 0.374 e. The molecule has 4 nitrogen and oxygen atoms in total. The van der Waals surface area contributed by atoms with Gasteiger partial charge in [0.15, 0.2) is 0 Å². The van der Waals surface area contributed by atoms with E-state index in [1.165, 1.54) is 4.90 Å². The van der Waals surface area contributed by atoms with Crippen LogP contribution in [0.1, 0.15) is 20.3 Å². The molecule has 0 saturated carbocycles. The molecule has 1 aliphatic rings. The quantitative estimate of drug-likeness (QED) is 0.588. The summed E-state index contributed by atoms with van der Waals surface area (Å²) in [6, 6.07) is -0.291. The summed E-state index contributed by atoms with van der Waals surface area (Å²) < 4.78 is 5.52. The number of rotatable bonds is 4. The highest BCUT2D eigenvalue weighted by molar-refractivity contribution is 5.65. The molecule has 1 rings (SSSR count). The average Bonchev–Trinajstić information content (AvgIpc) is 2.45. The van der Waals surface area contributed by atoms with Crippen LogP contribution >= 0.6 is 0 Å². The second-order valence-electron chi connectivity index (χ2n) is 3.55. The van der Waals surface area contributed by atoms with E-state index in [1.54, 1.807) is 0 Å². The molecule has 13 heavy (non-hydrogen) atoms. The summed E-state index contributed by atoms with van der Waals surface area (Å²) in [5.74, 6) is 0. The third-order valence-corrected chi connectivity index (χ3v) is 2.10. The lowest BCUT2D eigenvalue weighted by Gasteiger charge is -2.14. The Morgan fingerprint density at radius 1 is 1.46 bits per heavy atom. The molecular weight excluding hydrogens is 170 g/mol. The van der Waals surface area contributed by atoms with Crippen molar-refractivity contribution in [2.24, 2.45) is 0 Å². The van der Waals surface area contributed by atoms with Crippen LogP contribution < -0.4 is 0 Å². The van der Waals surface area contributed by atoms with Gasteiger partial charge in [0, 0.05) is 13.0 Å². The molecule has 0 bridgehead atoms. The molecule has 1 fully saturated rings. The Balaban J connectivity index is 2.47. The topological polar surface area (TPSA) is 46.6 Å². The Morgan fingerprint density at radius 2 is 2.15 bits per heavy atom. The van der Waals surface area contributed by atoms with Gasteiger partial charge in [0.25, 0.3) is 0 Å². The van der Waals surface area contributed by atoms with Crippen LogP contribution in [0.15, 0.2) is 0 Å². The maximum atomic E-state index is 10.6. The number of hydrogen-bond acceptors (Lipinski definition) is 3. The highest BCUT2D eigenvalue weighted by Gasteiger charge is 2.31. The van der Waals surface area contributed by atoms with Crippen molar-refractivity contribution >= 4 is 12.7 Å². The third kappa shape index (κ3) is 2.52. The number of likely N-dealkylation sites (tertiary alicyclic amines) is 1. The number of aldehydes is 1. The van der Waals surface area contributed by atoms with E-state index in [4.69, 9.17) is 4.74 Å². The smallest absolute Gasteiger partial charge is 0.210 e. The van der Waals surface area contributed by atoms with Gasteiger partial charge in [-0.2, -0.15) is 0 Å². The predicted molar refractivity (Wildman–Crippen MR) is 47.2 cm³/mol. The first-order chi connectivity index (χ1) is 6.17. The minimum Gasteiger partial charge on any atom is -0.374 e. The molecule has 4 heteroatoms. The van der Waals surface area contributed by atoms with E-state index >= 15 is 0 Å². The van der Waals surface area contributed by atoms with Crippen molar-refractivity contribution in [2.75, 3.05) is 6.54 Å². The molecule has 0 unspecified atom stereocenters. The molecule has 74 valence electrons. The molecule has 0 aromatic carbocycles. The Labute approximate surface area is 77.8 Å². The van der Waals surface area contributed by atoms with Crippen LogP contribution in [0.4, 0.5) is 0 Å². The molecule has 2 atom stereocenters. The van der Waals surface area contributed by atoms with Crippen molar-refractivity contribution in [1.29, 1.82) is 0 Å². The molecule has 0 aromatic rings. The summed E-state index contributed by atoms with van der Waals surface area (Å²) in [5.41, 5.74) is 0. The van der Waals surface area contributed by atoms with Crippen molar-refractivity contribution in [3.8, 4) is 0 Å². The maximum Gasteiger partial charge on any atom is 0.210 e. The molecule has 0 N–H and O–H groups in total.